The van der Waals surface area contributed by atoms with E-state index >= 15 is 0 Å². The molecule has 1 aliphatic rings. The van der Waals surface area contributed by atoms with Crippen LogP contribution in [0.25, 0.3) is 0 Å². The van der Waals surface area contributed by atoms with Crippen LogP contribution >= 0.6 is 0 Å². The Morgan fingerprint density at radius 1 is 1.46 bits per heavy atom. The highest BCUT2D eigenvalue weighted by atomic mass is 16.6. The Balaban J connectivity index is 2.38. The third kappa shape index (κ3) is 2.99. The Bertz CT molecular complexity index is 177. The molecule has 0 aromatic heterocycles. The average Bonchev–Trinajstić information content (AvgIpc) is 2.08. The Morgan fingerprint density at radius 2 is 2.08 bits per heavy atom. The number of aliphatic hydroxyl groups excluding tert-OH is 1. The van der Waals surface area contributed by atoms with Crippen molar-refractivity contribution in [2.45, 2.75) is 51.7 Å². The summed E-state index contributed by atoms with van der Waals surface area (Å²) in [4.78, 5) is 11.1. The second-order valence-corrected chi connectivity index (χ2v) is 3.91. The number of rotatable bonds is 2. The van der Waals surface area contributed by atoms with Crippen molar-refractivity contribution in [2.75, 3.05) is 0 Å². The molecular formula is C10H18O3. The van der Waals surface area contributed by atoms with Gasteiger partial charge < -0.3 is 9.84 Å². The highest BCUT2D eigenvalue weighted by molar-refractivity contribution is 5.74. The zero-order valence-electron chi connectivity index (χ0n) is 8.32. The molecule has 0 spiro atoms. The predicted octanol–water partition coefficient (Wildman–Crippen LogP) is 1.49. The van der Waals surface area contributed by atoms with Gasteiger partial charge in [0.15, 0.2) is 0 Å². The summed E-state index contributed by atoms with van der Waals surface area (Å²) in [5.74, 6) is -0.0461. The third-order valence-corrected chi connectivity index (χ3v) is 2.64. The standard InChI is InChI=1S/C10H18O3/c1-7-5-3-4-6-9(7)13-10(12)8(2)11/h7-9,11H,3-6H2,1-2H3. The zero-order valence-corrected chi connectivity index (χ0v) is 8.32. The molecule has 1 fully saturated rings. The molecule has 0 aromatic rings. The first kappa shape index (κ1) is 10.5. The normalized spacial score (nSPS) is 31.0. The molecular weight excluding hydrogens is 168 g/mol. The lowest BCUT2D eigenvalue weighted by Gasteiger charge is -2.28. The van der Waals surface area contributed by atoms with Crippen LogP contribution in [0.1, 0.15) is 39.5 Å². The van der Waals surface area contributed by atoms with Gasteiger partial charge in [0.25, 0.3) is 0 Å². The molecule has 13 heavy (non-hydrogen) atoms. The molecule has 1 saturated carbocycles. The number of hydrogen-bond donors (Lipinski definition) is 1. The maximum atomic E-state index is 11.1. The van der Waals surface area contributed by atoms with E-state index in [0.717, 1.165) is 19.3 Å². The largest absolute Gasteiger partial charge is 0.460 e. The second-order valence-electron chi connectivity index (χ2n) is 3.91. The topological polar surface area (TPSA) is 46.5 Å². The molecule has 1 rings (SSSR count). The summed E-state index contributed by atoms with van der Waals surface area (Å²) in [6, 6.07) is 0. The molecule has 76 valence electrons. The van der Waals surface area contributed by atoms with Crippen LogP contribution in [0.5, 0.6) is 0 Å². The quantitative estimate of drug-likeness (QED) is 0.664. The number of carbonyl (C=O) groups excluding carboxylic acids is 1. The number of esters is 1. The van der Waals surface area contributed by atoms with Gasteiger partial charge in [-0.15, -0.1) is 0 Å². The lowest BCUT2D eigenvalue weighted by molar-refractivity contribution is -0.162. The molecule has 3 unspecified atom stereocenters. The number of carbonyl (C=O) groups is 1. The van der Waals surface area contributed by atoms with Crippen LogP contribution < -0.4 is 0 Å². The minimum Gasteiger partial charge on any atom is -0.460 e. The van der Waals surface area contributed by atoms with E-state index < -0.39 is 12.1 Å². The fourth-order valence-electron chi connectivity index (χ4n) is 1.70. The van der Waals surface area contributed by atoms with Crippen LogP contribution in [0.15, 0.2) is 0 Å². The highest BCUT2D eigenvalue weighted by Gasteiger charge is 2.25. The van der Waals surface area contributed by atoms with Gasteiger partial charge in [-0.05, 0) is 32.1 Å². The summed E-state index contributed by atoms with van der Waals surface area (Å²) in [5.41, 5.74) is 0. The van der Waals surface area contributed by atoms with Crippen LogP contribution in [-0.4, -0.2) is 23.3 Å². The molecule has 3 heteroatoms. The predicted molar refractivity (Wildman–Crippen MR) is 49.2 cm³/mol. The molecule has 0 aliphatic heterocycles. The van der Waals surface area contributed by atoms with Gasteiger partial charge in [0.2, 0.25) is 0 Å². The lowest BCUT2D eigenvalue weighted by atomic mass is 9.88. The van der Waals surface area contributed by atoms with E-state index in [9.17, 15) is 4.79 Å². The molecule has 0 amide bonds. The summed E-state index contributed by atoms with van der Waals surface area (Å²) in [7, 11) is 0. The van der Waals surface area contributed by atoms with E-state index in [1.54, 1.807) is 0 Å². The summed E-state index contributed by atoms with van der Waals surface area (Å²) >= 11 is 0. The number of aliphatic hydroxyl groups is 1. The summed E-state index contributed by atoms with van der Waals surface area (Å²) in [6.07, 6.45) is 3.45. The zero-order chi connectivity index (χ0) is 9.84. The molecule has 0 radical (unpaired) electrons. The fourth-order valence-corrected chi connectivity index (χ4v) is 1.70. The number of hydrogen-bond acceptors (Lipinski definition) is 3. The van der Waals surface area contributed by atoms with Gasteiger partial charge in [-0.2, -0.15) is 0 Å². The van der Waals surface area contributed by atoms with Crippen molar-refractivity contribution < 1.29 is 14.6 Å². The van der Waals surface area contributed by atoms with Gasteiger partial charge in [0, 0.05) is 0 Å². The Kier molecular flexibility index (Phi) is 3.72. The van der Waals surface area contributed by atoms with E-state index in [-0.39, 0.29) is 6.10 Å². The smallest absolute Gasteiger partial charge is 0.334 e. The van der Waals surface area contributed by atoms with Gasteiger partial charge in [0.05, 0.1) is 0 Å². The van der Waals surface area contributed by atoms with E-state index in [4.69, 9.17) is 9.84 Å². The summed E-state index contributed by atoms with van der Waals surface area (Å²) < 4.78 is 5.18. The first-order valence-electron chi connectivity index (χ1n) is 5.00. The Morgan fingerprint density at radius 3 is 2.62 bits per heavy atom. The van der Waals surface area contributed by atoms with E-state index in [1.165, 1.54) is 13.3 Å². The van der Waals surface area contributed by atoms with Crippen LogP contribution in [0.4, 0.5) is 0 Å². The van der Waals surface area contributed by atoms with E-state index in [0.29, 0.717) is 5.92 Å². The molecule has 1 N–H and O–H groups in total. The van der Waals surface area contributed by atoms with Crippen molar-refractivity contribution in [1.82, 2.24) is 0 Å². The highest BCUT2D eigenvalue weighted by Crippen LogP contribution is 2.26. The summed E-state index contributed by atoms with van der Waals surface area (Å²) in [5, 5.41) is 8.96. The molecule has 3 atom stereocenters. The van der Waals surface area contributed by atoms with Crippen LogP contribution in [0.2, 0.25) is 0 Å². The van der Waals surface area contributed by atoms with Crippen molar-refractivity contribution in [3.63, 3.8) is 0 Å². The number of ether oxygens (including phenoxy) is 1. The lowest BCUT2D eigenvalue weighted by Crippen LogP contribution is -2.32. The second kappa shape index (κ2) is 4.61. The van der Waals surface area contributed by atoms with E-state index in [2.05, 4.69) is 6.92 Å². The third-order valence-electron chi connectivity index (χ3n) is 2.64. The summed E-state index contributed by atoms with van der Waals surface area (Å²) in [6.45, 7) is 3.54. The molecule has 0 bridgehead atoms. The van der Waals surface area contributed by atoms with Crippen molar-refractivity contribution in [3.05, 3.63) is 0 Å². The minimum absolute atomic E-state index is 0.0239. The SMILES string of the molecule is CC(O)C(=O)OC1CCCCC1C. The van der Waals surface area contributed by atoms with Crippen molar-refractivity contribution >= 4 is 5.97 Å². The van der Waals surface area contributed by atoms with Gasteiger partial charge in [-0.25, -0.2) is 4.79 Å². The van der Waals surface area contributed by atoms with Crippen LogP contribution in [-0.2, 0) is 9.53 Å². The van der Waals surface area contributed by atoms with Crippen molar-refractivity contribution in [2.24, 2.45) is 5.92 Å². The van der Waals surface area contributed by atoms with Gasteiger partial charge in [-0.1, -0.05) is 13.3 Å². The Labute approximate surface area is 79.1 Å². The van der Waals surface area contributed by atoms with Gasteiger partial charge in [0.1, 0.15) is 12.2 Å². The fraction of sp³-hybridized carbons (Fsp3) is 0.900. The first-order chi connectivity index (χ1) is 6.11. The molecule has 0 aromatic carbocycles. The van der Waals surface area contributed by atoms with E-state index in [1.807, 2.05) is 0 Å². The van der Waals surface area contributed by atoms with Gasteiger partial charge >= 0.3 is 5.97 Å². The monoisotopic (exact) mass is 186 g/mol. The maximum Gasteiger partial charge on any atom is 0.334 e. The Hall–Kier alpha value is -0.570. The molecule has 3 nitrogen and oxygen atoms in total. The van der Waals surface area contributed by atoms with Crippen LogP contribution in [0.3, 0.4) is 0 Å². The van der Waals surface area contributed by atoms with Crippen LogP contribution in [0, 0.1) is 5.92 Å². The van der Waals surface area contributed by atoms with Crippen molar-refractivity contribution in [3.8, 4) is 0 Å². The minimum atomic E-state index is -0.992. The average molecular weight is 186 g/mol. The maximum absolute atomic E-state index is 11.1. The first-order valence-corrected chi connectivity index (χ1v) is 5.00. The molecule has 0 heterocycles. The van der Waals surface area contributed by atoms with Gasteiger partial charge in [-0.3, -0.25) is 0 Å². The molecule has 1 aliphatic carbocycles. The molecule has 0 saturated heterocycles. The van der Waals surface area contributed by atoms with Crippen molar-refractivity contribution in [1.29, 1.82) is 0 Å².